The van der Waals surface area contributed by atoms with Crippen molar-refractivity contribution in [2.24, 2.45) is 0 Å². The van der Waals surface area contributed by atoms with E-state index in [0.717, 1.165) is 23.5 Å². The van der Waals surface area contributed by atoms with Gasteiger partial charge in [0, 0.05) is 0 Å². The van der Waals surface area contributed by atoms with Crippen molar-refractivity contribution in [1.29, 1.82) is 0 Å². The topological polar surface area (TPSA) is 24.9 Å². The number of thiazole rings is 1. The van der Waals surface area contributed by atoms with E-state index in [2.05, 4.69) is 10.3 Å². The largest absolute Gasteiger partial charge is 0.327 e. The number of nitrogens with zero attached hydrogens (tertiary/aromatic N) is 1. The van der Waals surface area contributed by atoms with Gasteiger partial charge in [0.1, 0.15) is 23.1 Å². The molecule has 2 nitrogen and oxygen atoms in total. The Morgan fingerprint density at radius 1 is 1.00 bits per heavy atom. The lowest BCUT2D eigenvalue weighted by molar-refractivity contribution is 0.591. The van der Waals surface area contributed by atoms with Gasteiger partial charge in [0.15, 0.2) is 5.13 Å². The van der Waals surface area contributed by atoms with Crippen molar-refractivity contribution in [2.75, 3.05) is 5.32 Å². The average molecular weight is 280 g/mol. The predicted octanol–water partition coefficient (Wildman–Crippen LogP) is 4.46. The fourth-order valence-electron chi connectivity index (χ4n) is 1.68. The second-order valence-corrected chi connectivity index (χ2v) is 4.88. The molecule has 0 aliphatic heterocycles. The van der Waals surface area contributed by atoms with Gasteiger partial charge in [-0.3, -0.25) is 0 Å². The molecular weight excluding hydrogens is 273 g/mol. The van der Waals surface area contributed by atoms with E-state index in [1.807, 2.05) is 0 Å². The van der Waals surface area contributed by atoms with E-state index in [1.54, 1.807) is 0 Å². The third-order valence-corrected chi connectivity index (χ3v) is 3.48. The maximum atomic E-state index is 13.5. The van der Waals surface area contributed by atoms with E-state index in [4.69, 9.17) is 0 Å². The second kappa shape index (κ2) is 4.55. The van der Waals surface area contributed by atoms with Crippen molar-refractivity contribution in [1.82, 2.24) is 4.98 Å². The molecule has 0 fully saturated rings. The van der Waals surface area contributed by atoms with E-state index in [-0.39, 0.29) is 11.5 Å². The Labute approximate surface area is 110 Å². The summed E-state index contributed by atoms with van der Waals surface area (Å²) in [7, 11) is 0. The van der Waals surface area contributed by atoms with Gasteiger partial charge in [0.2, 0.25) is 0 Å². The minimum Gasteiger partial charge on any atom is -0.327 e. The standard InChI is InChI=1S/C13H7F3N2S/c14-7-4-5-10-11(6-7)19-13(17-10)18-12-8(15)2-1-3-9(12)16/h1-6H,(H,17,18). The van der Waals surface area contributed by atoms with Crippen molar-refractivity contribution < 1.29 is 13.2 Å². The molecule has 0 aliphatic rings. The Kier molecular flexibility index (Phi) is 2.87. The van der Waals surface area contributed by atoms with E-state index in [9.17, 15) is 13.2 Å². The first-order valence-electron chi connectivity index (χ1n) is 5.40. The van der Waals surface area contributed by atoms with Crippen LogP contribution >= 0.6 is 11.3 Å². The van der Waals surface area contributed by atoms with Crippen LogP contribution in [0, 0.1) is 17.5 Å². The quantitative estimate of drug-likeness (QED) is 0.749. The number of rotatable bonds is 2. The molecule has 0 amide bonds. The van der Waals surface area contributed by atoms with Crippen LogP contribution in [-0.4, -0.2) is 4.98 Å². The minimum atomic E-state index is -0.703. The van der Waals surface area contributed by atoms with Crippen molar-refractivity contribution in [3.8, 4) is 0 Å². The van der Waals surface area contributed by atoms with E-state index in [0.29, 0.717) is 15.3 Å². The molecule has 1 N–H and O–H groups in total. The Balaban J connectivity index is 2.01. The zero-order chi connectivity index (χ0) is 13.4. The summed E-state index contributed by atoms with van der Waals surface area (Å²) in [4.78, 5) is 4.14. The lowest BCUT2D eigenvalue weighted by atomic mass is 10.3. The van der Waals surface area contributed by atoms with E-state index >= 15 is 0 Å². The van der Waals surface area contributed by atoms with Crippen molar-refractivity contribution in [3.63, 3.8) is 0 Å². The van der Waals surface area contributed by atoms with Crippen LogP contribution in [0.1, 0.15) is 0 Å². The van der Waals surface area contributed by atoms with E-state index in [1.165, 1.54) is 24.3 Å². The average Bonchev–Trinajstić information content (AvgIpc) is 2.75. The summed E-state index contributed by atoms with van der Waals surface area (Å²) in [6, 6.07) is 7.72. The number of hydrogen-bond donors (Lipinski definition) is 1. The van der Waals surface area contributed by atoms with E-state index < -0.39 is 11.6 Å². The molecule has 1 heterocycles. The third-order valence-electron chi connectivity index (χ3n) is 2.55. The monoisotopic (exact) mass is 280 g/mol. The Morgan fingerprint density at radius 2 is 1.74 bits per heavy atom. The molecule has 3 rings (SSSR count). The highest BCUT2D eigenvalue weighted by Crippen LogP contribution is 2.30. The number of para-hydroxylation sites is 1. The fourth-order valence-corrected chi connectivity index (χ4v) is 2.57. The normalized spacial score (nSPS) is 10.9. The van der Waals surface area contributed by atoms with Crippen LogP contribution in [0.2, 0.25) is 0 Å². The molecule has 0 aliphatic carbocycles. The zero-order valence-corrected chi connectivity index (χ0v) is 10.3. The number of aromatic nitrogens is 1. The SMILES string of the molecule is Fc1ccc2nc(Nc3c(F)cccc3F)sc2c1. The molecule has 6 heteroatoms. The van der Waals surface area contributed by atoms with Crippen LogP contribution in [0.4, 0.5) is 24.0 Å². The summed E-state index contributed by atoms with van der Waals surface area (Å²) in [6.45, 7) is 0. The van der Waals surface area contributed by atoms with Gasteiger partial charge < -0.3 is 5.32 Å². The van der Waals surface area contributed by atoms with Crippen LogP contribution < -0.4 is 5.32 Å². The van der Waals surface area contributed by atoms with Crippen LogP contribution in [0.3, 0.4) is 0 Å². The highest BCUT2D eigenvalue weighted by atomic mass is 32.1. The summed E-state index contributed by atoms with van der Waals surface area (Å²) in [5.41, 5.74) is 0.313. The predicted molar refractivity (Wildman–Crippen MR) is 69.2 cm³/mol. The lowest BCUT2D eigenvalue weighted by Gasteiger charge is -2.04. The molecule has 0 saturated heterocycles. The molecule has 0 unspecified atom stereocenters. The van der Waals surface area contributed by atoms with Crippen LogP contribution in [0.25, 0.3) is 10.2 Å². The Bertz CT molecular complexity index is 734. The van der Waals surface area contributed by atoms with Crippen molar-refractivity contribution >= 4 is 32.4 Å². The summed E-state index contributed by atoms with van der Waals surface area (Å²) in [5.74, 6) is -1.78. The van der Waals surface area contributed by atoms with Gasteiger partial charge in [0.25, 0.3) is 0 Å². The number of fused-ring (bicyclic) bond motifs is 1. The van der Waals surface area contributed by atoms with Gasteiger partial charge in [-0.25, -0.2) is 18.2 Å². The smallest absolute Gasteiger partial charge is 0.188 e. The molecule has 0 spiro atoms. The van der Waals surface area contributed by atoms with Gasteiger partial charge in [-0.05, 0) is 30.3 Å². The number of hydrogen-bond acceptors (Lipinski definition) is 3. The number of nitrogens with one attached hydrogen (secondary N) is 1. The third kappa shape index (κ3) is 2.26. The molecular formula is C13H7F3N2S. The second-order valence-electron chi connectivity index (χ2n) is 3.85. The lowest BCUT2D eigenvalue weighted by Crippen LogP contribution is -1.96. The van der Waals surface area contributed by atoms with Gasteiger partial charge in [-0.2, -0.15) is 0 Å². The number of halogens is 3. The molecule has 0 bridgehead atoms. The summed E-state index contributed by atoms with van der Waals surface area (Å²) >= 11 is 1.13. The molecule has 0 atom stereocenters. The van der Waals surface area contributed by atoms with Gasteiger partial charge in [-0.1, -0.05) is 17.4 Å². The summed E-state index contributed by atoms with van der Waals surface area (Å²) in [5, 5.41) is 2.89. The maximum absolute atomic E-state index is 13.5. The molecule has 19 heavy (non-hydrogen) atoms. The number of anilines is 2. The highest BCUT2D eigenvalue weighted by Gasteiger charge is 2.11. The highest BCUT2D eigenvalue weighted by molar-refractivity contribution is 7.22. The number of benzene rings is 2. The first-order chi connectivity index (χ1) is 9.13. The van der Waals surface area contributed by atoms with Crippen LogP contribution in [0.15, 0.2) is 36.4 Å². The molecule has 2 aromatic carbocycles. The van der Waals surface area contributed by atoms with Gasteiger partial charge in [0.05, 0.1) is 10.2 Å². The Morgan fingerprint density at radius 3 is 2.47 bits per heavy atom. The summed E-state index contributed by atoms with van der Waals surface area (Å²) in [6.07, 6.45) is 0. The Hall–Kier alpha value is -2.08. The minimum absolute atomic E-state index is 0.262. The van der Waals surface area contributed by atoms with Gasteiger partial charge in [-0.15, -0.1) is 0 Å². The van der Waals surface area contributed by atoms with Crippen molar-refractivity contribution in [2.45, 2.75) is 0 Å². The van der Waals surface area contributed by atoms with Crippen LogP contribution in [0.5, 0.6) is 0 Å². The van der Waals surface area contributed by atoms with Crippen molar-refractivity contribution in [3.05, 3.63) is 53.8 Å². The molecule has 96 valence electrons. The maximum Gasteiger partial charge on any atom is 0.188 e. The molecule has 0 radical (unpaired) electrons. The van der Waals surface area contributed by atoms with Gasteiger partial charge >= 0.3 is 0 Å². The van der Waals surface area contributed by atoms with Crippen LogP contribution in [-0.2, 0) is 0 Å². The molecule has 0 saturated carbocycles. The molecule has 1 aromatic heterocycles. The fraction of sp³-hybridized carbons (Fsp3) is 0. The first-order valence-corrected chi connectivity index (χ1v) is 6.22. The first kappa shape index (κ1) is 12.0. The molecule has 3 aromatic rings. The summed E-state index contributed by atoms with van der Waals surface area (Å²) < 4.78 is 40.6. The zero-order valence-electron chi connectivity index (χ0n) is 9.45.